The number of amides is 1. The van der Waals surface area contributed by atoms with Crippen molar-refractivity contribution < 1.29 is 22.9 Å². The van der Waals surface area contributed by atoms with E-state index in [9.17, 15) is 28.1 Å². The summed E-state index contributed by atoms with van der Waals surface area (Å²) in [4.78, 5) is 22.5. The van der Waals surface area contributed by atoms with Gasteiger partial charge in [-0.05, 0) is 43.7 Å². The summed E-state index contributed by atoms with van der Waals surface area (Å²) in [7, 11) is 1.35. The van der Waals surface area contributed by atoms with Crippen LogP contribution in [-0.4, -0.2) is 27.7 Å². The highest BCUT2D eigenvalue weighted by molar-refractivity contribution is 6.00. The summed E-state index contributed by atoms with van der Waals surface area (Å²) in [5.41, 5.74) is 0.569. The zero-order chi connectivity index (χ0) is 23.6. The molecular formula is C21H20F3N5O3. The summed E-state index contributed by atoms with van der Waals surface area (Å²) >= 11 is 0. The van der Waals surface area contributed by atoms with Gasteiger partial charge in [0.1, 0.15) is 0 Å². The Morgan fingerprint density at radius 1 is 1.16 bits per heavy atom. The quantitative estimate of drug-likeness (QED) is 0.431. The van der Waals surface area contributed by atoms with E-state index in [-0.39, 0.29) is 34.7 Å². The zero-order valence-corrected chi connectivity index (χ0v) is 17.4. The van der Waals surface area contributed by atoms with Gasteiger partial charge in [-0.25, -0.2) is 4.68 Å². The predicted octanol–water partition coefficient (Wildman–Crippen LogP) is 4.39. The Bertz CT molecular complexity index is 1190. The molecule has 0 saturated heterocycles. The molecule has 1 aromatic heterocycles. The van der Waals surface area contributed by atoms with Gasteiger partial charge in [0.15, 0.2) is 0 Å². The fourth-order valence-corrected chi connectivity index (χ4v) is 3.32. The lowest BCUT2D eigenvalue weighted by Gasteiger charge is -2.17. The number of hydrogen-bond acceptors (Lipinski definition) is 5. The first-order valence-electron chi connectivity index (χ1n) is 9.49. The number of hydrogen-bond donors (Lipinski definition) is 2. The number of anilines is 1. The van der Waals surface area contributed by atoms with Crippen LogP contribution in [0.5, 0.6) is 0 Å². The van der Waals surface area contributed by atoms with Crippen LogP contribution in [0.2, 0.25) is 0 Å². The molecule has 1 amide bonds. The molecule has 3 aromatic rings. The SMILES string of the molecule is CNC(=O)c1cc([N+](=O)[O-])ccc1NCc1ccc(-n2nc(C)cc2C)cc1C(F)(F)F. The van der Waals surface area contributed by atoms with Crippen molar-refractivity contribution in [1.82, 2.24) is 15.1 Å². The monoisotopic (exact) mass is 447 g/mol. The molecule has 1 heterocycles. The Labute approximate surface area is 181 Å². The number of aromatic nitrogens is 2. The Hall–Kier alpha value is -3.89. The highest BCUT2D eigenvalue weighted by Gasteiger charge is 2.34. The van der Waals surface area contributed by atoms with Gasteiger partial charge < -0.3 is 10.6 Å². The number of benzene rings is 2. The van der Waals surface area contributed by atoms with Crippen molar-refractivity contribution >= 4 is 17.3 Å². The second-order valence-electron chi connectivity index (χ2n) is 7.10. The molecule has 11 heteroatoms. The van der Waals surface area contributed by atoms with Crippen molar-refractivity contribution in [3.05, 3.63) is 80.7 Å². The number of nitrogens with one attached hydrogen (secondary N) is 2. The molecule has 2 N–H and O–H groups in total. The normalized spacial score (nSPS) is 11.3. The largest absolute Gasteiger partial charge is 0.416 e. The van der Waals surface area contributed by atoms with Crippen molar-refractivity contribution in [2.24, 2.45) is 0 Å². The lowest BCUT2D eigenvalue weighted by atomic mass is 10.0. The van der Waals surface area contributed by atoms with E-state index in [0.29, 0.717) is 11.4 Å². The van der Waals surface area contributed by atoms with E-state index in [1.165, 1.54) is 36.0 Å². The number of alkyl halides is 3. The molecule has 3 rings (SSSR count). The minimum absolute atomic E-state index is 0.0467. The number of non-ortho nitro benzene ring substituents is 1. The molecule has 0 aliphatic rings. The molecule has 0 unspecified atom stereocenters. The smallest absolute Gasteiger partial charge is 0.380 e. The summed E-state index contributed by atoms with van der Waals surface area (Å²) in [5.74, 6) is -0.605. The molecule has 8 nitrogen and oxygen atoms in total. The van der Waals surface area contributed by atoms with Crippen LogP contribution in [-0.2, 0) is 12.7 Å². The van der Waals surface area contributed by atoms with Crippen LogP contribution in [0.15, 0.2) is 42.5 Å². The van der Waals surface area contributed by atoms with E-state index < -0.39 is 22.6 Å². The molecule has 32 heavy (non-hydrogen) atoms. The lowest BCUT2D eigenvalue weighted by Crippen LogP contribution is -2.20. The molecule has 0 aliphatic heterocycles. The minimum atomic E-state index is -4.62. The van der Waals surface area contributed by atoms with Crippen LogP contribution in [0.1, 0.15) is 32.9 Å². The second-order valence-corrected chi connectivity index (χ2v) is 7.10. The molecule has 0 bridgehead atoms. The van der Waals surface area contributed by atoms with Crippen LogP contribution < -0.4 is 10.6 Å². The van der Waals surface area contributed by atoms with Crippen molar-refractivity contribution in [2.75, 3.05) is 12.4 Å². The number of nitro benzene ring substituents is 1. The van der Waals surface area contributed by atoms with Gasteiger partial charge in [-0.3, -0.25) is 14.9 Å². The van der Waals surface area contributed by atoms with Gasteiger partial charge in [0.2, 0.25) is 0 Å². The van der Waals surface area contributed by atoms with Crippen LogP contribution >= 0.6 is 0 Å². The lowest BCUT2D eigenvalue weighted by molar-refractivity contribution is -0.384. The molecule has 0 fully saturated rings. The van der Waals surface area contributed by atoms with Gasteiger partial charge in [-0.2, -0.15) is 18.3 Å². The van der Waals surface area contributed by atoms with Crippen LogP contribution in [0, 0.1) is 24.0 Å². The van der Waals surface area contributed by atoms with E-state index in [4.69, 9.17) is 0 Å². The third-order valence-corrected chi connectivity index (χ3v) is 4.81. The number of rotatable bonds is 6. The first kappa shape index (κ1) is 22.8. The van der Waals surface area contributed by atoms with E-state index in [0.717, 1.165) is 12.1 Å². The first-order chi connectivity index (χ1) is 15.0. The zero-order valence-electron chi connectivity index (χ0n) is 17.4. The predicted molar refractivity (Wildman–Crippen MR) is 112 cm³/mol. The van der Waals surface area contributed by atoms with Gasteiger partial charge in [-0.1, -0.05) is 6.07 Å². The molecule has 0 spiro atoms. The maximum atomic E-state index is 13.8. The molecule has 0 aliphatic carbocycles. The highest BCUT2D eigenvalue weighted by Crippen LogP contribution is 2.34. The molecule has 0 atom stereocenters. The Morgan fingerprint density at radius 2 is 1.88 bits per heavy atom. The summed E-state index contributed by atoms with van der Waals surface area (Å²) in [5, 5.41) is 20.4. The minimum Gasteiger partial charge on any atom is -0.380 e. The van der Waals surface area contributed by atoms with Crippen molar-refractivity contribution in [1.29, 1.82) is 0 Å². The Balaban J connectivity index is 1.97. The van der Waals surface area contributed by atoms with Crippen LogP contribution in [0.4, 0.5) is 24.5 Å². The Morgan fingerprint density at radius 3 is 2.44 bits per heavy atom. The number of nitro groups is 1. The number of carbonyl (C=O) groups is 1. The van der Waals surface area contributed by atoms with Gasteiger partial charge >= 0.3 is 6.18 Å². The standard InChI is InChI=1S/C21H20F3N5O3/c1-12-8-13(2)28(27-12)15-5-4-14(18(10-15)21(22,23)24)11-26-19-7-6-16(29(31)32)9-17(19)20(30)25-3/h4-10,26H,11H2,1-3H3,(H,25,30). The molecule has 2 aromatic carbocycles. The first-order valence-corrected chi connectivity index (χ1v) is 9.49. The maximum Gasteiger partial charge on any atom is 0.416 e. The van der Waals surface area contributed by atoms with Gasteiger partial charge in [0, 0.05) is 37.1 Å². The third-order valence-electron chi connectivity index (χ3n) is 4.81. The molecule has 0 radical (unpaired) electrons. The van der Waals surface area contributed by atoms with Gasteiger partial charge in [-0.15, -0.1) is 0 Å². The average Bonchev–Trinajstić information content (AvgIpc) is 3.08. The van der Waals surface area contributed by atoms with Crippen LogP contribution in [0.3, 0.4) is 0 Å². The Kier molecular flexibility index (Phi) is 6.19. The highest BCUT2D eigenvalue weighted by atomic mass is 19.4. The van der Waals surface area contributed by atoms with Gasteiger partial charge in [0.25, 0.3) is 11.6 Å². The van der Waals surface area contributed by atoms with Gasteiger partial charge in [0.05, 0.1) is 27.4 Å². The maximum absolute atomic E-state index is 13.8. The topological polar surface area (TPSA) is 102 Å². The third kappa shape index (κ3) is 4.71. The average molecular weight is 447 g/mol. The summed E-state index contributed by atoms with van der Waals surface area (Å²) in [6.45, 7) is 3.24. The van der Waals surface area contributed by atoms with E-state index in [1.54, 1.807) is 19.9 Å². The van der Waals surface area contributed by atoms with E-state index >= 15 is 0 Å². The summed E-state index contributed by atoms with van der Waals surface area (Å²) < 4.78 is 42.8. The summed E-state index contributed by atoms with van der Waals surface area (Å²) in [6, 6.07) is 9.18. The fraction of sp³-hybridized carbons (Fsp3) is 0.238. The molecule has 168 valence electrons. The van der Waals surface area contributed by atoms with Crippen LogP contribution in [0.25, 0.3) is 5.69 Å². The van der Waals surface area contributed by atoms with E-state index in [2.05, 4.69) is 15.7 Å². The van der Waals surface area contributed by atoms with Crippen molar-refractivity contribution in [2.45, 2.75) is 26.6 Å². The number of halogens is 3. The number of nitrogens with zero attached hydrogens (tertiary/aromatic N) is 3. The molecular weight excluding hydrogens is 427 g/mol. The fourth-order valence-electron chi connectivity index (χ4n) is 3.32. The molecule has 0 saturated carbocycles. The number of carbonyl (C=O) groups excluding carboxylic acids is 1. The number of aryl methyl sites for hydroxylation is 2. The van der Waals surface area contributed by atoms with Crippen molar-refractivity contribution in [3.8, 4) is 5.69 Å². The van der Waals surface area contributed by atoms with Crippen molar-refractivity contribution in [3.63, 3.8) is 0 Å². The second kappa shape index (κ2) is 8.69. The van der Waals surface area contributed by atoms with E-state index in [1.807, 2.05) is 0 Å². The summed E-state index contributed by atoms with van der Waals surface area (Å²) in [6.07, 6.45) is -4.62.